The maximum Gasteiger partial charge on any atom is 0.410 e. The number of piperidine rings is 4. The van der Waals surface area contributed by atoms with Crippen LogP contribution in [0.4, 0.5) is 9.59 Å². The van der Waals surface area contributed by atoms with Crippen LogP contribution >= 0.6 is 23.6 Å². The molecular weight excluding hydrogens is 1780 g/mol. The Bertz CT molecular complexity index is 5840. The summed E-state index contributed by atoms with van der Waals surface area (Å²) < 4.78 is 85.9. The van der Waals surface area contributed by atoms with Crippen LogP contribution in [0, 0.1) is 23.7 Å². The molecule has 732 valence electrons. The summed E-state index contributed by atoms with van der Waals surface area (Å²) in [7, 11) is 0. The summed E-state index contributed by atoms with van der Waals surface area (Å²) >= 11 is 12.1. The molecular formula is C106H130Cl2N4O24. The van der Waals surface area contributed by atoms with Crippen molar-refractivity contribution in [3.8, 4) is 69.0 Å². The molecule has 0 aliphatic carbocycles. The van der Waals surface area contributed by atoms with Crippen molar-refractivity contribution >= 4 is 127 Å². The molecule has 136 heavy (non-hydrogen) atoms. The second-order valence-electron chi connectivity index (χ2n) is 41.1. The molecule has 0 saturated carbocycles. The number of halogens is 2. The van der Waals surface area contributed by atoms with Crippen LogP contribution < -0.4 is 56.8 Å². The first-order chi connectivity index (χ1) is 64.1. The minimum atomic E-state index is -0.546. The Kier molecular flexibility index (Phi) is 32.2. The summed E-state index contributed by atoms with van der Waals surface area (Å²) in [6, 6.07) is 30.2. The van der Waals surface area contributed by atoms with E-state index in [1.54, 1.807) is 18.6 Å². The van der Waals surface area contributed by atoms with Crippen LogP contribution in [0.2, 0.25) is 0 Å². The summed E-state index contributed by atoms with van der Waals surface area (Å²) in [6.45, 7) is 37.8. The van der Waals surface area contributed by atoms with E-state index in [1.807, 2.05) is 194 Å². The maximum absolute atomic E-state index is 13.2. The molecule has 8 aromatic rings. The minimum absolute atomic E-state index is 0.0785. The quantitative estimate of drug-likeness (QED) is 0.0493. The first-order valence-corrected chi connectivity index (χ1v) is 48.2. The summed E-state index contributed by atoms with van der Waals surface area (Å²) in [5.74, 6) is 2.16. The third-order valence-electron chi connectivity index (χ3n) is 25.4. The monoisotopic (exact) mass is 1910 g/mol. The Balaban J connectivity index is 0.000000154. The largest absolute Gasteiger partial charge is 0.487 e. The zero-order valence-electron chi connectivity index (χ0n) is 81.7. The molecule has 0 N–H and O–H groups in total. The van der Waals surface area contributed by atoms with E-state index in [9.17, 15) is 47.9 Å². The maximum atomic E-state index is 13.2. The zero-order chi connectivity index (χ0) is 98.3. The van der Waals surface area contributed by atoms with Crippen LogP contribution in [0.15, 0.2) is 97.1 Å². The first kappa shape index (κ1) is 102. The molecule has 0 radical (unpaired) electrons. The molecule has 0 unspecified atom stereocenters. The number of benzene rings is 8. The normalized spacial score (nSPS) is 18.1. The highest BCUT2D eigenvalue weighted by Crippen LogP contribution is 2.56. The molecule has 4 saturated heterocycles. The smallest absolute Gasteiger partial charge is 0.410 e. The van der Waals surface area contributed by atoms with Crippen molar-refractivity contribution in [1.29, 1.82) is 0 Å². The molecule has 8 heterocycles. The van der Waals surface area contributed by atoms with Gasteiger partial charge in [-0.25, -0.2) is 18.4 Å². The fraction of sp³-hybridized carbons (Fsp3) is 0.528. The summed E-state index contributed by atoms with van der Waals surface area (Å²) in [5.41, 5.74) is 0.519. The Labute approximate surface area is 805 Å². The standard InChI is InChI=1S/2C29H37NO7.2C24H28ClNO5/c1-18(31)34-26-22-11-14-29(5,6)36-24(22)20-9-7-8-10-21(20)25(26)35-23(32)17-19-12-15-30(16-13-19)27(33)37-28(2,3)4;1-18(31)34-25-21-10-8-7-9-20(21)24-22(11-14-29(5,6)36-24)26(25)35-23(32)17-19-12-15-30(16-13-19)27(33)37-28(2,3)4;1-15(27)29-23-19-8-11-24(2,3)31-21(19)17-6-4-5-7-18(17)22(23)30-20(28)14-16-9-12-26(25)13-10-16;1-15(27)29-22-18-7-5-4-6-17(18)21-19(8-11-24(2,3)31-21)23(22)30-20(28)14-16-9-12-26(25)13-10-16/h2*7-10,19H,11-17H2,1-6H3;2*4-7,16H,8-14H2,1-3H3. The average Bonchev–Trinajstić information content (AvgIpc) is 0.755. The molecule has 28 nitrogen and oxygen atoms in total. The van der Waals surface area contributed by atoms with Crippen LogP contribution in [0.5, 0.6) is 69.0 Å². The van der Waals surface area contributed by atoms with Gasteiger partial charge in [0, 0.05) is 171 Å². The zero-order valence-corrected chi connectivity index (χ0v) is 83.2. The van der Waals surface area contributed by atoms with Crippen molar-refractivity contribution in [3.63, 3.8) is 0 Å². The topological polar surface area (TPSA) is 313 Å². The van der Waals surface area contributed by atoms with Gasteiger partial charge in [0.2, 0.25) is 0 Å². The molecule has 0 spiro atoms. The Morgan fingerprint density at radius 1 is 0.301 bits per heavy atom. The fourth-order valence-corrected chi connectivity index (χ4v) is 18.9. The second kappa shape index (κ2) is 42.8. The van der Waals surface area contributed by atoms with Crippen LogP contribution in [0.3, 0.4) is 0 Å². The van der Waals surface area contributed by atoms with Gasteiger partial charge in [-0.05, 0) is 247 Å². The molecule has 8 aliphatic rings. The van der Waals surface area contributed by atoms with Crippen LogP contribution in [-0.4, -0.2) is 165 Å². The van der Waals surface area contributed by atoms with Crippen molar-refractivity contribution in [2.24, 2.45) is 23.7 Å². The predicted molar refractivity (Wildman–Crippen MR) is 516 cm³/mol. The molecule has 4 fully saturated rings. The van der Waals surface area contributed by atoms with Gasteiger partial charge in [-0.3, -0.25) is 38.4 Å². The number of nitrogens with zero attached hydrogens (tertiary/aromatic N) is 4. The van der Waals surface area contributed by atoms with E-state index in [2.05, 4.69) is 0 Å². The van der Waals surface area contributed by atoms with E-state index >= 15 is 0 Å². The first-order valence-electron chi connectivity index (χ1n) is 47.5. The molecule has 0 bridgehead atoms. The molecule has 0 aromatic heterocycles. The molecule has 8 aromatic carbocycles. The van der Waals surface area contributed by atoms with Crippen molar-refractivity contribution in [3.05, 3.63) is 119 Å². The Morgan fingerprint density at radius 3 is 0.713 bits per heavy atom. The van der Waals surface area contributed by atoms with E-state index in [4.69, 9.17) is 89.9 Å². The van der Waals surface area contributed by atoms with Crippen LogP contribution in [0.25, 0.3) is 43.1 Å². The Morgan fingerprint density at radius 2 is 0.493 bits per heavy atom. The second-order valence-corrected chi connectivity index (χ2v) is 42.1. The van der Waals surface area contributed by atoms with Gasteiger partial charge in [0.25, 0.3) is 0 Å². The van der Waals surface area contributed by atoms with Gasteiger partial charge in [-0.2, -0.15) is 0 Å². The molecule has 2 amide bonds. The number of rotatable bonds is 16. The minimum Gasteiger partial charge on any atom is -0.487 e. The number of ether oxygens (including phenoxy) is 14. The van der Waals surface area contributed by atoms with E-state index in [1.165, 1.54) is 27.7 Å². The Hall–Kier alpha value is -11.2. The SMILES string of the molecule is CC(=O)Oc1c(OC(=O)CC2CCN(C(=O)OC(C)(C)C)CC2)c2c(c3ccccc13)OC(C)(C)CC2.CC(=O)Oc1c(OC(=O)CC2CCN(Cl)CC2)c2c(c3ccccc13)OC(C)(C)CC2.CC(=O)Oc1c2c(c3ccccc3c1OC(=O)CC1CCN(C(=O)OC(C)(C)C)CC1)OC(C)(C)CC2.CC(=O)Oc1c2c(c3ccccc3c1OC(=O)CC1CCN(Cl)CC1)OC(C)(C)CC2. The van der Waals surface area contributed by atoms with Crippen molar-refractivity contribution in [2.45, 2.75) is 287 Å². The lowest BCUT2D eigenvalue weighted by atomic mass is 9.90. The van der Waals surface area contributed by atoms with Gasteiger partial charge >= 0.3 is 59.9 Å². The summed E-state index contributed by atoms with van der Waals surface area (Å²) in [5, 5.41) is 6.01. The molecule has 0 atom stereocenters. The highest BCUT2D eigenvalue weighted by atomic mass is 35.5. The predicted octanol–water partition coefficient (Wildman–Crippen LogP) is 21.7. The number of hydrogen-bond acceptors (Lipinski definition) is 26. The van der Waals surface area contributed by atoms with E-state index in [-0.39, 0.29) is 112 Å². The summed E-state index contributed by atoms with van der Waals surface area (Å²) in [6.07, 6.45) is 12.0. The van der Waals surface area contributed by atoms with Crippen LogP contribution in [-0.2, 0) is 73.5 Å². The van der Waals surface area contributed by atoms with Gasteiger partial charge in [-0.1, -0.05) is 97.1 Å². The van der Waals surface area contributed by atoms with Crippen molar-refractivity contribution < 1.29 is 114 Å². The number of amides is 2. The van der Waals surface area contributed by atoms with Crippen molar-refractivity contribution in [2.75, 3.05) is 52.4 Å². The highest BCUT2D eigenvalue weighted by molar-refractivity contribution is 6.13. The summed E-state index contributed by atoms with van der Waals surface area (Å²) in [4.78, 5) is 128. The highest BCUT2D eigenvalue weighted by Gasteiger charge is 2.42. The lowest BCUT2D eigenvalue weighted by molar-refractivity contribution is -0.137. The number of carbonyl (C=O) groups excluding carboxylic acids is 10. The number of fused-ring (bicyclic) bond motifs is 12. The molecule has 16 rings (SSSR count). The van der Waals surface area contributed by atoms with E-state index in [0.29, 0.717) is 152 Å². The number of hydrogen-bond donors (Lipinski definition) is 0. The number of carbonyl (C=O) groups is 10. The lowest BCUT2D eigenvalue weighted by Crippen LogP contribution is -2.42. The lowest BCUT2D eigenvalue weighted by Gasteiger charge is -2.35. The van der Waals surface area contributed by atoms with Gasteiger partial charge < -0.3 is 76.1 Å². The van der Waals surface area contributed by atoms with Crippen molar-refractivity contribution in [1.82, 2.24) is 18.6 Å². The van der Waals surface area contributed by atoms with Gasteiger partial charge in [-0.15, -0.1) is 0 Å². The third-order valence-corrected chi connectivity index (χ3v) is 26.1. The number of likely N-dealkylation sites (tertiary alicyclic amines) is 2. The third kappa shape index (κ3) is 26.4. The fourth-order valence-electron chi connectivity index (χ4n) is 18.5. The average molecular weight is 1920 g/mol. The van der Waals surface area contributed by atoms with E-state index < -0.39 is 47.0 Å². The molecule has 30 heteroatoms. The van der Waals surface area contributed by atoms with Crippen LogP contribution in [0.1, 0.15) is 250 Å². The number of esters is 8. The van der Waals surface area contributed by atoms with Gasteiger partial charge in [0.1, 0.15) is 56.6 Å². The van der Waals surface area contributed by atoms with E-state index in [0.717, 1.165) is 121 Å². The van der Waals surface area contributed by atoms with Gasteiger partial charge in [0.15, 0.2) is 46.0 Å². The van der Waals surface area contributed by atoms with Gasteiger partial charge in [0.05, 0.1) is 0 Å². The molecule has 8 aliphatic heterocycles.